The van der Waals surface area contributed by atoms with Gasteiger partial charge in [-0.15, -0.1) is 17.9 Å². The highest BCUT2D eigenvalue weighted by atomic mass is 32.1. The van der Waals surface area contributed by atoms with E-state index in [2.05, 4.69) is 17.2 Å². The zero-order chi connectivity index (χ0) is 19.4. The molecular formula is C20H23N3O3S. The summed E-state index contributed by atoms with van der Waals surface area (Å²) in [6.45, 7) is 8.58. The van der Waals surface area contributed by atoms with E-state index in [1.165, 1.54) is 0 Å². The quantitative estimate of drug-likeness (QED) is 0.764. The lowest BCUT2D eigenvalue weighted by Gasteiger charge is -2.27. The van der Waals surface area contributed by atoms with Gasteiger partial charge >= 0.3 is 6.03 Å². The summed E-state index contributed by atoms with van der Waals surface area (Å²) in [7, 11) is 0. The maximum atomic E-state index is 12.8. The van der Waals surface area contributed by atoms with Gasteiger partial charge in [0.1, 0.15) is 12.4 Å². The first-order valence-corrected chi connectivity index (χ1v) is 9.55. The van der Waals surface area contributed by atoms with E-state index in [1.54, 1.807) is 40.5 Å². The molecule has 0 aliphatic carbocycles. The third-order valence-corrected chi connectivity index (χ3v) is 5.11. The van der Waals surface area contributed by atoms with Crippen molar-refractivity contribution in [2.75, 3.05) is 23.4 Å². The highest BCUT2D eigenvalue weighted by molar-refractivity contribution is 7.09. The van der Waals surface area contributed by atoms with Crippen LogP contribution in [0.15, 0.2) is 48.4 Å². The number of nitrogens with zero attached hydrogens (tertiary/aromatic N) is 1. The second-order valence-corrected chi connectivity index (χ2v) is 7.98. The van der Waals surface area contributed by atoms with E-state index in [0.29, 0.717) is 30.2 Å². The largest absolute Gasteiger partial charge is 0.490 e. The van der Waals surface area contributed by atoms with Crippen LogP contribution in [-0.2, 0) is 11.3 Å². The predicted octanol–water partition coefficient (Wildman–Crippen LogP) is 4.01. The monoisotopic (exact) mass is 385 g/mol. The van der Waals surface area contributed by atoms with Gasteiger partial charge in [0.15, 0.2) is 0 Å². The second-order valence-electron chi connectivity index (χ2n) is 6.95. The summed E-state index contributed by atoms with van der Waals surface area (Å²) in [6, 6.07) is 8.90. The average Bonchev–Trinajstić information content (AvgIpc) is 3.13. The van der Waals surface area contributed by atoms with Crippen LogP contribution in [0, 0.1) is 5.41 Å². The maximum absolute atomic E-state index is 12.8. The van der Waals surface area contributed by atoms with Crippen LogP contribution in [0.3, 0.4) is 0 Å². The second kappa shape index (κ2) is 7.84. The Morgan fingerprint density at radius 1 is 1.41 bits per heavy atom. The summed E-state index contributed by atoms with van der Waals surface area (Å²) >= 11 is 1.59. The zero-order valence-electron chi connectivity index (χ0n) is 15.5. The Morgan fingerprint density at radius 3 is 2.93 bits per heavy atom. The number of ether oxygens (including phenoxy) is 1. The van der Waals surface area contributed by atoms with Crippen LogP contribution in [0.25, 0.3) is 0 Å². The van der Waals surface area contributed by atoms with Crippen LogP contribution in [0.4, 0.5) is 16.2 Å². The minimum Gasteiger partial charge on any atom is -0.490 e. The van der Waals surface area contributed by atoms with Crippen molar-refractivity contribution >= 4 is 34.6 Å². The number of carbonyl (C=O) groups is 2. The Morgan fingerprint density at radius 2 is 2.22 bits per heavy atom. The topological polar surface area (TPSA) is 70.7 Å². The molecule has 0 unspecified atom stereocenters. The molecule has 0 fully saturated rings. The summed E-state index contributed by atoms with van der Waals surface area (Å²) in [5.74, 6) is 0.544. The van der Waals surface area contributed by atoms with E-state index < -0.39 is 5.41 Å². The van der Waals surface area contributed by atoms with E-state index in [-0.39, 0.29) is 18.5 Å². The lowest BCUT2D eigenvalue weighted by Crippen LogP contribution is -2.42. The Balaban J connectivity index is 1.75. The van der Waals surface area contributed by atoms with Crippen molar-refractivity contribution in [2.24, 2.45) is 5.41 Å². The molecule has 0 atom stereocenters. The Kier molecular flexibility index (Phi) is 5.51. The van der Waals surface area contributed by atoms with Crippen LogP contribution in [-0.4, -0.2) is 25.1 Å². The fraction of sp³-hybridized carbons (Fsp3) is 0.300. The number of urea groups is 1. The zero-order valence-corrected chi connectivity index (χ0v) is 16.3. The third-order valence-electron chi connectivity index (χ3n) is 4.24. The molecule has 0 spiro atoms. The molecule has 1 aliphatic rings. The van der Waals surface area contributed by atoms with E-state index in [0.717, 1.165) is 4.88 Å². The highest BCUT2D eigenvalue weighted by Crippen LogP contribution is 2.38. The van der Waals surface area contributed by atoms with Gasteiger partial charge in [0.25, 0.3) is 0 Å². The molecule has 2 aromatic rings. The third kappa shape index (κ3) is 4.31. The smallest absolute Gasteiger partial charge is 0.319 e. The molecule has 1 aliphatic heterocycles. The molecule has 3 amide bonds. The number of rotatable bonds is 5. The number of amides is 3. The molecule has 0 radical (unpaired) electrons. The minimum absolute atomic E-state index is 0.0180. The molecule has 2 N–H and O–H groups in total. The number of fused-ring (bicyclic) bond motifs is 1. The number of carbonyl (C=O) groups excluding carboxylic acids is 2. The minimum atomic E-state index is -0.645. The van der Waals surface area contributed by atoms with Crippen molar-refractivity contribution in [1.82, 2.24) is 5.32 Å². The van der Waals surface area contributed by atoms with Gasteiger partial charge in [0, 0.05) is 23.2 Å². The first-order valence-electron chi connectivity index (χ1n) is 8.67. The van der Waals surface area contributed by atoms with Gasteiger partial charge in [-0.1, -0.05) is 12.1 Å². The summed E-state index contributed by atoms with van der Waals surface area (Å²) in [5, 5.41) is 7.59. The van der Waals surface area contributed by atoms with Gasteiger partial charge < -0.3 is 20.3 Å². The molecule has 0 saturated heterocycles. The van der Waals surface area contributed by atoms with Gasteiger partial charge in [-0.3, -0.25) is 4.79 Å². The summed E-state index contributed by atoms with van der Waals surface area (Å²) in [6.07, 6.45) is 1.69. The summed E-state index contributed by atoms with van der Waals surface area (Å²) in [4.78, 5) is 27.7. The summed E-state index contributed by atoms with van der Waals surface area (Å²) < 4.78 is 5.88. The van der Waals surface area contributed by atoms with Crippen molar-refractivity contribution in [2.45, 2.75) is 20.4 Å². The Hall–Kier alpha value is -2.80. The molecule has 3 rings (SSSR count). The molecule has 7 heteroatoms. The molecule has 27 heavy (non-hydrogen) atoms. The lowest BCUT2D eigenvalue weighted by atomic mass is 9.93. The first-order chi connectivity index (χ1) is 12.9. The molecular weight excluding hydrogens is 362 g/mol. The van der Waals surface area contributed by atoms with Crippen LogP contribution < -0.4 is 20.3 Å². The lowest BCUT2D eigenvalue weighted by molar-refractivity contribution is -0.127. The Bertz CT molecular complexity index is 846. The number of benzene rings is 1. The standard InChI is InChI=1S/C20H23N3O3S/c1-4-9-23-16-8-7-14(11-17(16)26-13-20(2,3)18(23)24)22-19(25)21-12-15-6-5-10-27-15/h4-8,10-11H,1,9,12-13H2,2-3H3,(H2,21,22,25). The van der Waals surface area contributed by atoms with E-state index in [4.69, 9.17) is 4.74 Å². The van der Waals surface area contributed by atoms with Crippen LogP contribution in [0.2, 0.25) is 0 Å². The van der Waals surface area contributed by atoms with Gasteiger partial charge in [-0.25, -0.2) is 4.79 Å². The van der Waals surface area contributed by atoms with Crippen LogP contribution >= 0.6 is 11.3 Å². The van der Waals surface area contributed by atoms with Gasteiger partial charge in [0.05, 0.1) is 17.6 Å². The predicted molar refractivity (Wildman–Crippen MR) is 108 cm³/mol. The number of hydrogen-bond acceptors (Lipinski definition) is 4. The van der Waals surface area contributed by atoms with E-state index in [9.17, 15) is 9.59 Å². The number of anilines is 2. The molecule has 1 aromatic carbocycles. The van der Waals surface area contributed by atoms with Crippen LogP contribution in [0.5, 0.6) is 5.75 Å². The number of hydrogen-bond donors (Lipinski definition) is 2. The SMILES string of the molecule is C=CCN1C(=O)C(C)(C)COc2cc(NC(=O)NCc3cccs3)ccc21. The molecule has 142 valence electrons. The molecule has 2 heterocycles. The van der Waals surface area contributed by atoms with Crippen molar-refractivity contribution in [1.29, 1.82) is 0 Å². The molecule has 6 nitrogen and oxygen atoms in total. The number of thiophene rings is 1. The first kappa shape index (κ1) is 19.0. The molecule has 0 saturated carbocycles. The van der Waals surface area contributed by atoms with Crippen molar-refractivity contribution in [3.8, 4) is 5.75 Å². The van der Waals surface area contributed by atoms with Crippen molar-refractivity contribution in [3.63, 3.8) is 0 Å². The molecule has 1 aromatic heterocycles. The Labute approximate surface area is 162 Å². The molecule has 0 bridgehead atoms. The van der Waals surface area contributed by atoms with Gasteiger partial charge in [0.2, 0.25) is 5.91 Å². The fourth-order valence-corrected chi connectivity index (χ4v) is 3.44. The van der Waals surface area contributed by atoms with Gasteiger partial charge in [-0.05, 0) is 37.4 Å². The number of nitrogens with one attached hydrogen (secondary N) is 2. The summed E-state index contributed by atoms with van der Waals surface area (Å²) in [5.41, 5.74) is 0.631. The normalized spacial score (nSPS) is 15.3. The fourth-order valence-electron chi connectivity index (χ4n) is 2.79. The highest BCUT2D eigenvalue weighted by Gasteiger charge is 2.37. The van der Waals surface area contributed by atoms with Crippen molar-refractivity contribution < 1.29 is 14.3 Å². The van der Waals surface area contributed by atoms with Crippen LogP contribution in [0.1, 0.15) is 18.7 Å². The van der Waals surface area contributed by atoms with Crippen molar-refractivity contribution in [3.05, 3.63) is 53.2 Å². The van der Waals surface area contributed by atoms with Gasteiger partial charge in [-0.2, -0.15) is 0 Å². The van der Waals surface area contributed by atoms with E-state index >= 15 is 0 Å². The average molecular weight is 385 g/mol. The van der Waals surface area contributed by atoms with E-state index in [1.807, 2.05) is 31.4 Å². The maximum Gasteiger partial charge on any atom is 0.319 e.